The second-order valence-corrected chi connectivity index (χ2v) is 16.7. The number of quaternary nitrogens is 1. The first kappa shape index (κ1) is 52.0. The smallest absolute Gasteiger partial charge is 0.472 e. The lowest BCUT2D eigenvalue weighted by atomic mass is 10.1. The van der Waals surface area contributed by atoms with Crippen molar-refractivity contribution >= 4 is 13.8 Å². The molecule has 0 amide bonds. The number of ether oxygens (including phenoxy) is 2. The van der Waals surface area contributed by atoms with Crippen LogP contribution in [0.2, 0.25) is 0 Å². The number of aliphatic hydroxyl groups excluding tert-OH is 1. The van der Waals surface area contributed by atoms with E-state index in [9.17, 15) is 19.4 Å². The van der Waals surface area contributed by atoms with E-state index in [1.807, 2.05) is 45.4 Å². The van der Waals surface area contributed by atoms with Gasteiger partial charge in [-0.3, -0.25) is 13.8 Å². The molecule has 2 unspecified atom stereocenters. The zero-order valence-electron chi connectivity index (χ0n) is 35.1. The minimum absolute atomic E-state index is 0.00860. The molecule has 0 bridgehead atoms. The van der Waals surface area contributed by atoms with Crippen LogP contribution in [0, 0.1) is 0 Å². The molecule has 0 aliphatic carbocycles. The molecule has 0 aliphatic heterocycles. The number of phosphoric acid groups is 1. The molecule has 0 aromatic rings. The Labute approximate surface area is 331 Å². The van der Waals surface area contributed by atoms with Gasteiger partial charge in [0, 0.05) is 6.42 Å². The Morgan fingerprint density at radius 1 is 0.704 bits per heavy atom. The van der Waals surface area contributed by atoms with Crippen LogP contribution in [0.5, 0.6) is 0 Å². The van der Waals surface area contributed by atoms with E-state index < -0.39 is 26.0 Å². The Kier molecular flexibility index (Phi) is 35.3. The molecule has 0 saturated heterocycles. The summed E-state index contributed by atoms with van der Waals surface area (Å²) in [6.07, 6.45) is 42.2. The Hall–Kier alpha value is -2.00. The van der Waals surface area contributed by atoms with Crippen LogP contribution in [0.15, 0.2) is 60.9 Å². The predicted molar refractivity (Wildman–Crippen MR) is 225 cm³/mol. The van der Waals surface area contributed by atoms with Crippen molar-refractivity contribution in [1.29, 1.82) is 0 Å². The predicted octanol–water partition coefficient (Wildman–Crippen LogP) is 11.5. The van der Waals surface area contributed by atoms with E-state index in [-0.39, 0.29) is 26.2 Å². The van der Waals surface area contributed by atoms with E-state index in [1.165, 1.54) is 57.8 Å². The topological polar surface area (TPSA) is 112 Å². The van der Waals surface area contributed by atoms with Gasteiger partial charge in [0.05, 0.1) is 40.1 Å². The fourth-order valence-corrected chi connectivity index (χ4v) is 6.14. The average molecular weight is 783 g/mol. The quantitative estimate of drug-likeness (QED) is 0.0121. The Bertz CT molecular complexity index is 1070. The molecule has 0 fully saturated rings. The minimum Gasteiger partial charge on any atom is -0.498 e. The number of phosphoric ester groups is 1. The van der Waals surface area contributed by atoms with Crippen molar-refractivity contribution in [3.63, 3.8) is 0 Å². The van der Waals surface area contributed by atoms with E-state index in [1.54, 1.807) is 6.26 Å². The number of rotatable bonds is 38. The number of carbonyl (C=O) groups is 1. The van der Waals surface area contributed by atoms with E-state index in [0.29, 0.717) is 23.9 Å². The van der Waals surface area contributed by atoms with E-state index in [0.717, 1.165) is 64.2 Å². The summed E-state index contributed by atoms with van der Waals surface area (Å²) in [5.74, 6) is -0.397. The Balaban J connectivity index is 4.43. The molecular formula is C44H81NO8P+. The van der Waals surface area contributed by atoms with Crippen LogP contribution in [-0.4, -0.2) is 80.2 Å². The van der Waals surface area contributed by atoms with Crippen LogP contribution >= 0.6 is 7.82 Å². The van der Waals surface area contributed by atoms with Crippen molar-refractivity contribution in [3.05, 3.63) is 60.9 Å². The normalized spacial score (nSPS) is 14.9. The maximum atomic E-state index is 12.7. The van der Waals surface area contributed by atoms with Crippen LogP contribution in [0.3, 0.4) is 0 Å². The highest BCUT2D eigenvalue weighted by Crippen LogP contribution is 2.43. The first-order valence-corrected chi connectivity index (χ1v) is 22.7. The van der Waals surface area contributed by atoms with Gasteiger partial charge in [-0.25, -0.2) is 4.57 Å². The molecule has 0 aliphatic rings. The number of likely N-dealkylation sites (N-methyl/N-ethyl adjacent to an activating group) is 1. The first-order chi connectivity index (χ1) is 26.0. The number of carbonyl (C=O) groups excluding carboxylic acids is 1. The molecule has 0 saturated carbocycles. The molecule has 54 heavy (non-hydrogen) atoms. The molecule has 10 heteroatoms. The fraction of sp³-hybridized carbons (Fsp3) is 0.750. The van der Waals surface area contributed by atoms with Crippen LogP contribution in [-0.2, 0) is 27.9 Å². The average Bonchev–Trinajstić information content (AvgIpc) is 3.11. The lowest BCUT2D eigenvalue weighted by Crippen LogP contribution is -2.37. The maximum absolute atomic E-state index is 12.7. The molecule has 0 aromatic heterocycles. The summed E-state index contributed by atoms with van der Waals surface area (Å²) < 4.78 is 34.6. The first-order valence-electron chi connectivity index (χ1n) is 21.2. The molecule has 0 aromatic carbocycles. The van der Waals surface area contributed by atoms with Gasteiger partial charge in [-0.1, -0.05) is 133 Å². The van der Waals surface area contributed by atoms with Gasteiger partial charge >= 0.3 is 13.8 Å². The van der Waals surface area contributed by atoms with Gasteiger partial charge in [0.25, 0.3) is 0 Å². The highest BCUT2D eigenvalue weighted by Gasteiger charge is 2.26. The number of hydrogen-bond donors (Lipinski definition) is 2. The van der Waals surface area contributed by atoms with E-state index in [2.05, 4.69) is 44.2 Å². The third-order valence-corrected chi connectivity index (χ3v) is 9.72. The molecule has 0 heterocycles. The van der Waals surface area contributed by atoms with Gasteiger partial charge < -0.3 is 24.0 Å². The van der Waals surface area contributed by atoms with Gasteiger partial charge in [0.2, 0.25) is 0 Å². The van der Waals surface area contributed by atoms with Crippen molar-refractivity contribution in [2.24, 2.45) is 0 Å². The summed E-state index contributed by atoms with van der Waals surface area (Å²) in [6.45, 7) is 4.65. The number of aliphatic hydroxyl groups is 1. The lowest BCUT2D eigenvalue weighted by molar-refractivity contribution is -0.870. The second kappa shape index (κ2) is 36.6. The Morgan fingerprint density at radius 2 is 1.31 bits per heavy atom. The number of hydrogen-bond acceptors (Lipinski definition) is 7. The van der Waals surface area contributed by atoms with Crippen molar-refractivity contribution in [1.82, 2.24) is 0 Å². The molecular weight excluding hydrogens is 701 g/mol. The van der Waals surface area contributed by atoms with Crippen molar-refractivity contribution in [3.8, 4) is 0 Å². The molecule has 9 nitrogen and oxygen atoms in total. The van der Waals surface area contributed by atoms with Crippen LogP contribution in [0.1, 0.15) is 155 Å². The zero-order chi connectivity index (χ0) is 40.0. The molecule has 3 atom stereocenters. The van der Waals surface area contributed by atoms with Crippen molar-refractivity contribution in [2.75, 3.05) is 47.5 Å². The van der Waals surface area contributed by atoms with E-state index in [4.69, 9.17) is 18.5 Å². The number of esters is 1. The molecule has 314 valence electrons. The SMILES string of the molecule is CC/C=C/C/C=C/C=C/C(O)CCCCCCCC(=O)O[C@H](CO/C=C/CCCCCC/C=C\CCCCCCCC)COP(=O)(O)OCC[N+](C)(C)C. The standard InChI is InChI=1S/C44H80NO8P/c1-6-8-10-12-14-15-16-17-18-19-20-21-22-24-29-33-38-50-40-43(41-52-54(48,49)51-39-37-45(3,4)5)53-44(47)36-32-28-25-27-31-35-42(46)34-30-26-23-13-11-9-7-2/h9,11,17-18,23,26,30,33-34,38,42-43,46H,6-8,10,12-16,19-22,24-25,27-29,31-32,35-37,39-41H2,1-5H3/p+1/b11-9+,18-17-,26-23+,34-30+,38-33+/t42?,43-/m1/s1. The van der Waals surface area contributed by atoms with Gasteiger partial charge in [-0.05, 0) is 70.3 Å². The Morgan fingerprint density at radius 3 is 1.96 bits per heavy atom. The fourth-order valence-electron chi connectivity index (χ4n) is 5.40. The van der Waals surface area contributed by atoms with Crippen molar-refractivity contribution < 1.29 is 42.4 Å². The number of allylic oxidation sites excluding steroid dienone is 8. The largest absolute Gasteiger partial charge is 0.498 e. The summed E-state index contributed by atoms with van der Waals surface area (Å²) in [5.41, 5.74) is 0. The van der Waals surface area contributed by atoms with Gasteiger partial charge in [-0.15, -0.1) is 0 Å². The van der Waals surface area contributed by atoms with Gasteiger partial charge in [-0.2, -0.15) is 0 Å². The molecule has 0 spiro atoms. The van der Waals surface area contributed by atoms with Crippen LogP contribution < -0.4 is 0 Å². The molecule has 2 N–H and O–H groups in total. The third kappa shape index (κ3) is 39.7. The van der Waals surface area contributed by atoms with Gasteiger partial charge in [0.15, 0.2) is 6.10 Å². The minimum atomic E-state index is -4.32. The molecule has 0 rings (SSSR count). The summed E-state index contributed by atoms with van der Waals surface area (Å²) >= 11 is 0. The lowest BCUT2D eigenvalue weighted by Gasteiger charge is -2.24. The van der Waals surface area contributed by atoms with Gasteiger partial charge in [0.1, 0.15) is 19.8 Å². The van der Waals surface area contributed by atoms with E-state index >= 15 is 0 Å². The summed E-state index contributed by atoms with van der Waals surface area (Å²) in [5, 5.41) is 10.2. The number of unbranched alkanes of at least 4 members (excludes halogenated alkanes) is 15. The highest BCUT2D eigenvalue weighted by atomic mass is 31.2. The zero-order valence-corrected chi connectivity index (χ0v) is 35.9. The van der Waals surface area contributed by atoms with Crippen LogP contribution in [0.4, 0.5) is 0 Å². The summed E-state index contributed by atoms with van der Waals surface area (Å²) in [4.78, 5) is 22.8. The van der Waals surface area contributed by atoms with Crippen LogP contribution in [0.25, 0.3) is 0 Å². The second-order valence-electron chi connectivity index (χ2n) is 15.3. The maximum Gasteiger partial charge on any atom is 0.472 e. The highest BCUT2D eigenvalue weighted by molar-refractivity contribution is 7.47. The monoisotopic (exact) mass is 783 g/mol. The molecule has 0 radical (unpaired) electrons. The van der Waals surface area contributed by atoms with Crippen molar-refractivity contribution in [2.45, 2.75) is 167 Å². The number of nitrogens with zero attached hydrogens (tertiary/aromatic N) is 1. The summed E-state index contributed by atoms with van der Waals surface area (Å²) in [7, 11) is 1.56. The third-order valence-electron chi connectivity index (χ3n) is 8.73. The summed E-state index contributed by atoms with van der Waals surface area (Å²) in [6, 6.07) is 0.